The van der Waals surface area contributed by atoms with Gasteiger partial charge in [0.05, 0.1) is 17.6 Å². The van der Waals surface area contributed by atoms with E-state index in [1.807, 2.05) is 59.2 Å². The van der Waals surface area contributed by atoms with Crippen molar-refractivity contribution in [2.24, 2.45) is 0 Å². The van der Waals surface area contributed by atoms with Crippen molar-refractivity contribution < 1.29 is 14.3 Å². The first kappa shape index (κ1) is 17.3. The fourth-order valence-electron chi connectivity index (χ4n) is 3.65. The topological polar surface area (TPSA) is 64.4 Å². The van der Waals surface area contributed by atoms with E-state index in [1.54, 1.807) is 11.8 Å². The Labute approximate surface area is 157 Å². The van der Waals surface area contributed by atoms with Crippen LogP contribution in [0.2, 0.25) is 0 Å². The Balaban J connectivity index is 1.69. The highest BCUT2D eigenvalue weighted by Gasteiger charge is 2.35. The molecule has 1 aromatic heterocycles. The molecule has 2 heterocycles. The molecule has 0 bridgehead atoms. The molecule has 0 spiro atoms. The number of amides is 1. The number of nitrogens with zero attached hydrogens (tertiary/aromatic N) is 3. The van der Waals surface area contributed by atoms with Gasteiger partial charge in [0, 0.05) is 24.6 Å². The van der Waals surface area contributed by atoms with Crippen LogP contribution in [-0.2, 0) is 20.9 Å². The predicted molar refractivity (Wildman–Crippen MR) is 103 cm³/mol. The largest absolute Gasteiger partial charge is 0.465 e. The zero-order valence-electron chi connectivity index (χ0n) is 15.2. The van der Waals surface area contributed by atoms with Crippen LogP contribution in [0.25, 0.3) is 11.0 Å². The zero-order chi connectivity index (χ0) is 18.8. The van der Waals surface area contributed by atoms with Crippen molar-refractivity contribution in [1.29, 1.82) is 0 Å². The van der Waals surface area contributed by atoms with E-state index >= 15 is 0 Å². The number of benzene rings is 2. The Morgan fingerprint density at radius 1 is 1.15 bits per heavy atom. The summed E-state index contributed by atoms with van der Waals surface area (Å²) >= 11 is 0. The van der Waals surface area contributed by atoms with Gasteiger partial charge < -0.3 is 14.2 Å². The summed E-state index contributed by atoms with van der Waals surface area (Å²) < 4.78 is 7.02. The molecule has 0 aliphatic carbocycles. The Bertz CT molecular complexity index is 981. The molecular weight excluding hydrogens is 342 g/mol. The first-order valence-electron chi connectivity index (χ1n) is 9.13. The van der Waals surface area contributed by atoms with E-state index in [2.05, 4.69) is 0 Å². The van der Waals surface area contributed by atoms with E-state index in [1.165, 1.54) is 0 Å². The molecule has 3 aromatic rings. The van der Waals surface area contributed by atoms with Crippen LogP contribution in [0.3, 0.4) is 0 Å². The Kier molecular flexibility index (Phi) is 4.62. The van der Waals surface area contributed by atoms with Crippen molar-refractivity contribution in [3.63, 3.8) is 0 Å². The maximum Gasteiger partial charge on any atom is 0.326 e. The summed E-state index contributed by atoms with van der Waals surface area (Å²) in [5, 5.41) is 0. The number of carbonyl (C=O) groups excluding carboxylic acids is 2. The molecule has 6 nitrogen and oxygen atoms in total. The molecule has 0 radical (unpaired) electrons. The van der Waals surface area contributed by atoms with Crippen LogP contribution in [0.15, 0.2) is 54.6 Å². The Morgan fingerprint density at radius 2 is 1.89 bits per heavy atom. The van der Waals surface area contributed by atoms with Gasteiger partial charge in [0.15, 0.2) is 0 Å². The predicted octanol–water partition coefficient (Wildman–Crippen LogP) is 3.12. The smallest absolute Gasteiger partial charge is 0.326 e. The normalized spacial score (nSPS) is 16.9. The average molecular weight is 363 g/mol. The van der Waals surface area contributed by atoms with Gasteiger partial charge in [-0.25, -0.2) is 4.98 Å². The number of esters is 1. The monoisotopic (exact) mass is 363 g/mol. The van der Waals surface area contributed by atoms with E-state index < -0.39 is 0 Å². The molecule has 6 heteroatoms. The highest BCUT2D eigenvalue weighted by molar-refractivity contribution is 5.96. The third kappa shape index (κ3) is 3.30. The number of rotatable bonds is 5. The van der Waals surface area contributed by atoms with Crippen molar-refractivity contribution >= 4 is 28.6 Å². The van der Waals surface area contributed by atoms with E-state index in [9.17, 15) is 9.59 Å². The Morgan fingerprint density at radius 3 is 2.67 bits per heavy atom. The number of anilines is 1. The minimum atomic E-state index is -0.300. The second kappa shape index (κ2) is 7.23. The molecule has 0 unspecified atom stereocenters. The molecule has 1 atom stereocenters. The Hall–Kier alpha value is -3.15. The van der Waals surface area contributed by atoms with E-state index in [0.29, 0.717) is 19.6 Å². The van der Waals surface area contributed by atoms with Gasteiger partial charge in [0.2, 0.25) is 5.91 Å². The molecule has 1 amide bonds. The fraction of sp³-hybridized carbons (Fsp3) is 0.286. The molecule has 2 aromatic carbocycles. The summed E-state index contributed by atoms with van der Waals surface area (Å²) in [4.78, 5) is 31.3. The summed E-state index contributed by atoms with van der Waals surface area (Å²) in [6, 6.07) is 17.3. The SMILES string of the molecule is CCOC(=O)Cn1c([C@H]2CC(=O)N(c3ccccc3)C2)nc2ccccc21. The molecule has 1 aliphatic heterocycles. The first-order chi connectivity index (χ1) is 13.2. The van der Waals surface area contributed by atoms with Gasteiger partial charge in [-0.1, -0.05) is 30.3 Å². The highest BCUT2D eigenvalue weighted by atomic mass is 16.5. The molecular formula is C21H21N3O3. The van der Waals surface area contributed by atoms with Gasteiger partial charge in [0.25, 0.3) is 0 Å². The average Bonchev–Trinajstić information content (AvgIpc) is 3.24. The van der Waals surface area contributed by atoms with Crippen LogP contribution in [-0.4, -0.2) is 34.6 Å². The minimum absolute atomic E-state index is 0.0699. The highest BCUT2D eigenvalue weighted by Crippen LogP contribution is 2.33. The van der Waals surface area contributed by atoms with Crippen LogP contribution in [0.1, 0.15) is 25.1 Å². The van der Waals surface area contributed by atoms with Crippen molar-refractivity contribution in [2.45, 2.75) is 25.8 Å². The van der Waals surface area contributed by atoms with Gasteiger partial charge >= 0.3 is 5.97 Å². The fourth-order valence-corrected chi connectivity index (χ4v) is 3.65. The minimum Gasteiger partial charge on any atom is -0.465 e. The molecule has 27 heavy (non-hydrogen) atoms. The van der Waals surface area contributed by atoms with Crippen LogP contribution in [0.4, 0.5) is 5.69 Å². The maximum absolute atomic E-state index is 12.6. The number of hydrogen-bond donors (Lipinski definition) is 0. The molecule has 1 saturated heterocycles. The zero-order valence-corrected chi connectivity index (χ0v) is 15.2. The maximum atomic E-state index is 12.6. The van der Waals surface area contributed by atoms with Crippen molar-refractivity contribution in [2.75, 3.05) is 18.1 Å². The lowest BCUT2D eigenvalue weighted by molar-refractivity contribution is -0.143. The summed E-state index contributed by atoms with van der Waals surface area (Å²) in [6.45, 7) is 2.78. The third-order valence-corrected chi connectivity index (χ3v) is 4.83. The number of ether oxygens (including phenoxy) is 1. The number of hydrogen-bond acceptors (Lipinski definition) is 4. The molecule has 138 valence electrons. The van der Waals surface area contributed by atoms with Crippen molar-refractivity contribution in [3.05, 3.63) is 60.4 Å². The summed E-state index contributed by atoms with van der Waals surface area (Å²) in [7, 11) is 0. The van der Waals surface area contributed by atoms with Gasteiger partial charge in [-0.15, -0.1) is 0 Å². The summed E-state index contributed by atoms with van der Waals surface area (Å²) in [5.41, 5.74) is 2.59. The molecule has 1 aliphatic rings. The van der Waals surface area contributed by atoms with Gasteiger partial charge in [-0.2, -0.15) is 0 Å². The lowest BCUT2D eigenvalue weighted by atomic mass is 10.1. The van der Waals surface area contributed by atoms with Gasteiger partial charge in [-0.3, -0.25) is 9.59 Å². The number of fused-ring (bicyclic) bond motifs is 1. The third-order valence-electron chi connectivity index (χ3n) is 4.83. The van der Waals surface area contributed by atoms with E-state index in [-0.39, 0.29) is 24.3 Å². The quantitative estimate of drug-likeness (QED) is 0.654. The lowest BCUT2D eigenvalue weighted by Gasteiger charge is -2.17. The number of imidazole rings is 1. The lowest BCUT2D eigenvalue weighted by Crippen LogP contribution is -2.24. The second-order valence-corrected chi connectivity index (χ2v) is 6.59. The molecule has 0 N–H and O–H groups in total. The van der Waals surface area contributed by atoms with Gasteiger partial charge in [-0.05, 0) is 31.2 Å². The van der Waals surface area contributed by atoms with Crippen LogP contribution in [0.5, 0.6) is 0 Å². The number of aromatic nitrogens is 2. The summed E-state index contributed by atoms with van der Waals surface area (Å²) in [5.74, 6) is 0.461. The van der Waals surface area contributed by atoms with E-state index in [0.717, 1.165) is 22.5 Å². The molecule has 4 rings (SSSR count). The van der Waals surface area contributed by atoms with Crippen molar-refractivity contribution in [3.8, 4) is 0 Å². The van der Waals surface area contributed by atoms with Crippen molar-refractivity contribution in [1.82, 2.24) is 9.55 Å². The molecule has 1 fully saturated rings. The van der Waals surface area contributed by atoms with E-state index in [4.69, 9.17) is 9.72 Å². The van der Waals surface area contributed by atoms with Crippen LogP contribution >= 0.6 is 0 Å². The standard InChI is InChI=1S/C21H21N3O3/c1-2-27-20(26)14-24-18-11-7-6-10-17(18)22-21(24)15-12-19(25)23(13-15)16-8-4-3-5-9-16/h3-11,15H,2,12-14H2,1H3/t15-/m0/s1. The number of para-hydroxylation sites is 3. The molecule has 0 saturated carbocycles. The van der Waals surface area contributed by atoms with Crippen LogP contribution in [0, 0.1) is 0 Å². The van der Waals surface area contributed by atoms with Crippen LogP contribution < -0.4 is 4.90 Å². The summed E-state index contributed by atoms with van der Waals surface area (Å²) in [6.07, 6.45) is 0.376. The second-order valence-electron chi connectivity index (χ2n) is 6.59. The first-order valence-corrected chi connectivity index (χ1v) is 9.13. The number of carbonyl (C=O) groups is 2. The van der Waals surface area contributed by atoms with Gasteiger partial charge in [0.1, 0.15) is 12.4 Å².